The van der Waals surface area contributed by atoms with Gasteiger partial charge in [-0.05, 0) is 61.3 Å². The summed E-state index contributed by atoms with van der Waals surface area (Å²) >= 11 is 0. The maximum atomic E-state index is 12.7. The number of hydrogen-bond donors (Lipinski definition) is 2. The topological polar surface area (TPSA) is 44.4 Å². The van der Waals surface area contributed by atoms with Crippen LogP contribution in [0, 0.1) is 5.41 Å². The minimum atomic E-state index is 0.0938. The summed E-state index contributed by atoms with van der Waals surface area (Å²) in [5.41, 5.74) is 4.38. The number of carbonyl (C=O) groups is 1. The fourth-order valence-corrected chi connectivity index (χ4v) is 6.16. The van der Waals surface area contributed by atoms with E-state index >= 15 is 0 Å². The Morgan fingerprint density at radius 3 is 2.53 bits per heavy atom. The molecule has 1 heterocycles. The molecule has 0 spiro atoms. The monoisotopic (exact) mass is 433 g/mol. The number of anilines is 1. The molecule has 2 unspecified atom stereocenters. The molecule has 172 valence electrons. The molecule has 0 aromatic heterocycles. The van der Waals surface area contributed by atoms with E-state index in [0.717, 1.165) is 38.6 Å². The lowest BCUT2D eigenvalue weighted by Gasteiger charge is -2.53. The van der Waals surface area contributed by atoms with Gasteiger partial charge in [0.1, 0.15) is 0 Å². The van der Waals surface area contributed by atoms with Crippen molar-refractivity contribution in [2.45, 2.75) is 70.4 Å². The van der Waals surface area contributed by atoms with Gasteiger partial charge in [-0.3, -0.25) is 4.79 Å². The van der Waals surface area contributed by atoms with Gasteiger partial charge >= 0.3 is 0 Å². The van der Waals surface area contributed by atoms with Crippen LogP contribution in [0.4, 0.5) is 5.69 Å². The van der Waals surface area contributed by atoms with Gasteiger partial charge in [0.15, 0.2) is 0 Å². The third kappa shape index (κ3) is 4.30. The van der Waals surface area contributed by atoms with Crippen LogP contribution < -0.4 is 15.5 Å². The molecule has 2 aromatic carbocycles. The first-order valence-corrected chi connectivity index (χ1v) is 12.2. The molecule has 4 heteroatoms. The summed E-state index contributed by atoms with van der Waals surface area (Å²) in [6, 6.07) is 20.1. The molecule has 2 N–H and O–H groups in total. The molecule has 0 bridgehead atoms. The first-order valence-electron chi connectivity index (χ1n) is 12.2. The number of carbonyl (C=O) groups excluding carboxylic acids is 1. The first-order chi connectivity index (χ1) is 15.3. The summed E-state index contributed by atoms with van der Waals surface area (Å²) in [5, 5.41) is 6.68. The van der Waals surface area contributed by atoms with Crippen LogP contribution in [0.2, 0.25) is 0 Å². The molecular formula is C28H39N3O. The van der Waals surface area contributed by atoms with Crippen LogP contribution in [-0.2, 0) is 16.6 Å². The average molecular weight is 434 g/mol. The van der Waals surface area contributed by atoms with Gasteiger partial charge in [0, 0.05) is 30.2 Å². The van der Waals surface area contributed by atoms with Gasteiger partial charge in [-0.15, -0.1) is 0 Å². The summed E-state index contributed by atoms with van der Waals surface area (Å²) < 4.78 is 0. The van der Waals surface area contributed by atoms with Crippen molar-refractivity contribution in [2.24, 2.45) is 5.41 Å². The van der Waals surface area contributed by atoms with E-state index < -0.39 is 0 Å². The van der Waals surface area contributed by atoms with Crippen molar-refractivity contribution in [3.05, 3.63) is 65.7 Å². The number of rotatable bonds is 8. The van der Waals surface area contributed by atoms with Crippen LogP contribution in [0.5, 0.6) is 0 Å². The summed E-state index contributed by atoms with van der Waals surface area (Å²) in [6.07, 6.45) is 5.32. The third-order valence-corrected chi connectivity index (χ3v) is 8.21. The summed E-state index contributed by atoms with van der Waals surface area (Å²) in [6.45, 7) is 8.46. The molecule has 2 aliphatic rings. The Balaban J connectivity index is 1.26. The van der Waals surface area contributed by atoms with Crippen LogP contribution in [0.25, 0.3) is 0 Å². The van der Waals surface area contributed by atoms with Gasteiger partial charge < -0.3 is 15.5 Å². The van der Waals surface area contributed by atoms with Crippen LogP contribution >= 0.6 is 0 Å². The van der Waals surface area contributed by atoms with Crippen molar-refractivity contribution in [2.75, 3.05) is 25.0 Å². The highest BCUT2D eigenvalue weighted by Gasteiger charge is 2.58. The number of benzene rings is 2. The molecule has 1 aliphatic heterocycles. The van der Waals surface area contributed by atoms with Crippen molar-refractivity contribution in [3.63, 3.8) is 0 Å². The highest BCUT2D eigenvalue weighted by Crippen LogP contribution is 2.59. The Kier molecular flexibility index (Phi) is 6.62. The number of likely N-dealkylation sites (N-methyl/N-ethyl adjacent to an activating group) is 1. The molecule has 4 rings (SSSR count). The van der Waals surface area contributed by atoms with E-state index in [-0.39, 0.29) is 22.8 Å². The van der Waals surface area contributed by atoms with E-state index in [1.54, 1.807) is 0 Å². The molecule has 1 saturated carbocycles. The Bertz CT molecular complexity index is 925. The Morgan fingerprint density at radius 1 is 1.03 bits per heavy atom. The Hall–Kier alpha value is -2.33. The first kappa shape index (κ1) is 22.8. The minimum Gasteiger partial charge on any atom is -0.370 e. The maximum absolute atomic E-state index is 12.7. The number of amides is 1. The Morgan fingerprint density at radius 2 is 1.75 bits per heavy atom. The number of nitrogens with one attached hydrogen (secondary N) is 2. The number of para-hydroxylation sites is 1. The van der Waals surface area contributed by atoms with Gasteiger partial charge in [0.25, 0.3) is 0 Å². The summed E-state index contributed by atoms with van der Waals surface area (Å²) in [4.78, 5) is 15.1. The highest BCUT2D eigenvalue weighted by atomic mass is 16.2. The van der Waals surface area contributed by atoms with Gasteiger partial charge in [-0.25, -0.2) is 0 Å². The fraction of sp³-hybridized carbons (Fsp3) is 0.536. The summed E-state index contributed by atoms with van der Waals surface area (Å²) in [7, 11) is 2.21. The predicted octanol–water partition coefficient (Wildman–Crippen LogP) is 4.68. The maximum Gasteiger partial charge on any atom is 0.234 e. The molecule has 0 radical (unpaired) electrons. The summed E-state index contributed by atoms with van der Waals surface area (Å²) in [5.74, 6) is 0.121. The standard InChI is InChI=1S/C28H39N3O/c1-27(2)19-22(18-25-28(27,3)23-15-8-9-16-24(23)31(25)4)30-26(32)20-29-17-11-10-14-21-12-6-5-7-13-21/h5-9,12-13,15-16,22,25,29H,10-11,14,17-20H2,1-4H3,(H,30,32)/t22-,25?,28?/m1/s1. The second-order valence-electron chi connectivity index (χ2n) is 10.6. The molecule has 1 fully saturated rings. The van der Waals surface area contributed by atoms with Crippen molar-refractivity contribution in [3.8, 4) is 0 Å². The average Bonchev–Trinajstić information content (AvgIpc) is 3.00. The highest BCUT2D eigenvalue weighted by molar-refractivity contribution is 5.78. The largest absolute Gasteiger partial charge is 0.370 e. The van der Waals surface area contributed by atoms with Gasteiger partial charge in [0.05, 0.1) is 6.54 Å². The lowest BCUT2D eigenvalue weighted by atomic mass is 9.54. The second kappa shape index (κ2) is 9.27. The number of hydrogen-bond acceptors (Lipinski definition) is 3. The molecule has 2 aromatic rings. The van der Waals surface area contributed by atoms with Gasteiger partial charge in [-0.2, -0.15) is 0 Å². The predicted molar refractivity (Wildman–Crippen MR) is 133 cm³/mol. The van der Waals surface area contributed by atoms with Crippen molar-refractivity contribution < 1.29 is 4.79 Å². The van der Waals surface area contributed by atoms with E-state index in [0.29, 0.717) is 12.6 Å². The van der Waals surface area contributed by atoms with Crippen LogP contribution in [0.1, 0.15) is 57.6 Å². The molecule has 1 aliphatic carbocycles. The lowest BCUT2D eigenvalue weighted by molar-refractivity contribution is -0.121. The van der Waals surface area contributed by atoms with Crippen LogP contribution in [0.15, 0.2) is 54.6 Å². The fourth-order valence-electron chi connectivity index (χ4n) is 6.16. The van der Waals surface area contributed by atoms with E-state index in [2.05, 4.69) is 97.9 Å². The van der Waals surface area contributed by atoms with E-state index in [1.807, 2.05) is 0 Å². The minimum absolute atomic E-state index is 0.0938. The zero-order chi connectivity index (χ0) is 22.8. The smallest absolute Gasteiger partial charge is 0.234 e. The van der Waals surface area contributed by atoms with Crippen molar-refractivity contribution >= 4 is 11.6 Å². The molecule has 32 heavy (non-hydrogen) atoms. The molecular weight excluding hydrogens is 394 g/mol. The van der Waals surface area contributed by atoms with Crippen LogP contribution in [0.3, 0.4) is 0 Å². The second-order valence-corrected chi connectivity index (χ2v) is 10.6. The van der Waals surface area contributed by atoms with E-state index in [4.69, 9.17) is 0 Å². The number of nitrogens with zero attached hydrogens (tertiary/aromatic N) is 1. The zero-order valence-electron chi connectivity index (χ0n) is 20.2. The van der Waals surface area contributed by atoms with Gasteiger partial charge in [0.2, 0.25) is 5.91 Å². The quantitative estimate of drug-likeness (QED) is 0.594. The van der Waals surface area contributed by atoms with E-state index in [1.165, 1.54) is 16.8 Å². The molecule has 4 nitrogen and oxygen atoms in total. The van der Waals surface area contributed by atoms with Crippen molar-refractivity contribution in [1.29, 1.82) is 0 Å². The third-order valence-electron chi connectivity index (χ3n) is 8.21. The lowest BCUT2D eigenvalue weighted by Crippen LogP contribution is -2.60. The molecule has 3 atom stereocenters. The zero-order valence-corrected chi connectivity index (χ0v) is 20.2. The normalized spacial score (nSPS) is 25.8. The number of fused-ring (bicyclic) bond motifs is 3. The molecule has 1 amide bonds. The number of aryl methyl sites for hydroxylation is 1. The van der Waals surface area contributed by atoms with E-state index in [9.17, 15) is 4.79 Å². The Labute approximate surface area is 193 Å². The number of unbranched alkanes of at least 4 members (excludes halogenated alkanes) is 1. The SMILES string of the molecule is CN1c2ccccc2C2(C)C1C[C@@H](NC(=O)CNCCCCc1ccccc1)CC2(C)C. The van der Waals surface area contributed by atoms with Gasteiger partial charge in [-0.1, -0.05) is 69.3 Å². The molecule has 0 saturated heterocycles. The van der Waals surface area contributed by atoms with Crippen molar-refractivity contribution in [1.82, 2.24) is 10.6 Å². The van der Waals surface area contributed by atoms with Crippen LogP contribution in [-0.4, -0.2) is 38.1 Å².